The van der Waals surface area contributed by atoms with E-state index in [4.69, 9.17) is 0 Å². The third-order valence-electron chi connectivity index (χ3n) is 2.77. The van der Waals surface area contributed by atoms with Gasteiger partial charge in [-0.25, -0.2) is 8.42 Å². The Balaban J connectivity index is 3.20. The molecular weight excluding hydrogens is 264 g/mol. The van der Waals surface area contributed by atoms with Crippen LogP contribution >= 0.6 is 0 Å². The summed E-state index contributed by atoms with van der Waals surface area (Å²) in [6.45, 7) is 9.87. The maximum Gasteiger partial charge on any atom is 0.245 e. The predicted octanol–water partition coefficient (Wildman–Crippen LogP) is 1.36. The number of sulfonamides is 1. The summed E-state index contributed by atoms with van der Waals surface area (Å²) in [5.41, 5.74) is 0.582. The first-order chi connectivity index (χ1) is 9.01. The molecule has 0 radical (unpaired) electrons. The Hall–Kier alpha value is -1.37. The summed E-state index contributed by atoms with van der Waals surface area (Å²) >= 11 is 0. The minimum absolute atomic E-state index is 0.183. The van der Waals surface area contributed by atoms with E-state index < -0.39 is 10.0 Å². The lowest BCUT2D eigenvalue weighted by atomic mass is 10.4. The Morgan fingerprint density at radius 2 is 1.95 bits per heavy atom. The topological polar surface area (TPSA) is 62.5 Å². The number of aromatic nitrogens is 1. The van der Waals surface area contributed by atoms with Gasteiger partial charge in [-0.1, -0.05) is 12.2 Å². The molecule has 1 rings (SSSR count). The highest BCUT2D eigenvalue weighted by Crippen LogP contribution is 2.19. The van der Waals surface area contributed by atoms with Gasteiger partial charge in [0.05, 0.1) is 6.61 Å². The largest absolute Gasteiger partial charge is 0.390 e. The molecule has 0 fully saturated rings. The molecule has 0 bridgehead atoms. The lowest BCUT2D eigenvalue weighted by molar-refractivity contribution is 0.271. The molecule has 0 aromatic carbocycles. The van der Waals surface area contributed by atoms with Gasteiger partial charge in [-0.05, 0) is 13.0 Å². The third kappa shape index (κ3) is 3.34. The van der Waals surface area contributed by atoms with Gasteiger partial charge in [0.15, 0.2) is 0 Å². The van der Waals surface area contributed by atoms with Gasteiger partial charge < -0.3 is 9.67 Å². The quantitative estimate of drug-likeness (QED) is 0.733. The second-order valence-corrected chi connectivity index (χ2v) is 5.95. The van der Waals surface area contributed by atoms with E-state index in [2.05, 4.69) is 13.2 Å². The van der Waals surface area contributed by atoms with Crippen LogP contribution in [0.3, 0.4) is 0 Å². The molecule has 1 heterocycles. The lowest BCUT2D eigenvalue weighted by Gasteiger charge is -2.17. The van der Waals surface area contributed by atoms with Crippen LogP contribution in [0.2, 0.25) is 0 Å². The highest BCUT2D eigenvalue weighted by molar-refractivity contribution is 7.89. The van der Waals surface area contributed by atoms with E-state index in [0.29, 0.717) is 12.2 Å². The molecular formula is C13H20N2O3S. The second-order valence-electron chi connectivity index (χ2n) is 4.01. The average molecular weight is 284 g/mol. The molecule has 0 amide bonds. The summed E-state index contributed by atoms with van der Waals surface area (Å²) in [5.74, 6) is 0. The number of rotatable bonds is 8. The molecule has 6 heteroatoms. The Bertz CT molecular complexity index is 515. The van der Waals surface area contributed by atoms with Crippen LogP contribution in [0.15, 0.2) is 42.5 Å². The van der Waals surface area contributed by atoms with E-state index >= 15 is 0 Å². The molecule has 19 heavy (non-hydrogen) atoms. The maximum atomic E-state index is 12.4. The molecule has 0 spiro atoms. The number of aliphatic hydroxyl groups is 1. The van der Waals surface area contributed by atoms with Gasteiger partial charge in [0.2, 0.25) is 10.0 Å². The van der Waals surface area contributed by atoms with E-state index in [9.17, 15) is 13.5 Å². The second kappa shape index (κ2) is 6.70. The molecule has 5 nitrogen and oxygen atoms in total. The minimum Gasteiger partial charge on any atom is -0.390 e. The van der Waals surface area contributed by atoms with Crippen LogP contribution in [0.5, 0.6) is 0 Å². The van der Waals surface area contributed by atoms with Crippen LogP contribution in [0.4, 0.5) is 0 Å². The average Bonchev–Trinajstić information content (AvgIpc) is 2.82. The van der Waals surface area contributed by atoms with Gasteiger partial charge in [-0.3, -0.25) is 0 Å². The summed E-state index contributed by atoms with van der Waals surface area (Å²) < 4.78 is 27.9. The molecule has 0 aliphatic carbocycles. The molecule has 0 atom stereocenters. The number of aryl methyl sites for hydroxylation is 1. The predicted molar refractivity (Wildman–Crippen MR) is 75.2 cm³/mol. The van der Waals surface area contributed by atoms with Crippen LogP contribution in [-0.2, 0) is 23.2 Å². The molecule has 106 valence electrons. The van der Waals surface area contributed by atoms with E-state index in [1.54, 1.807) is 10.8 Å². The molecule has 0 aliphatic rings. The number of hydrogen-bond donors (Lipinski definition) is 1. The van der Waals surface area contributed by atoms with E-state index in [-0.39, 0.29) is 24.6 Å². The van der Waals surface area contributed by atoms with Gasteiger partial charge in [-0.15, -0.1) is 13.2 Å². The first-order valence-electron chi connectivity index (χ1n) is 6.03. The van der Waals surface area contributed by atoms with Gasteiger partial charge in [0, 0.05) is 31.5 Å². The zero-order chi connectivity index (χ0) is 14.5. The van der Waals surface area contributed by atoms with Crippen LogP contribution in [0.25, 0.3) is 0 Å². The molecule has 0 aliphatic heterocycles. The summed E-state index contributed by atoms with van der Waals surface area (Å²) in [5, 5.41) is 9.21. The van der Waals surface area contributed by atoms with Crippen molar-refractivity contribution < 1.29 is 13.5 Å². The van der Waals surface area contributed by atoms with E-state index in [0.717, 1.165) is 0 Å². The summed E-state index contributed by atoms with van der Waals surface area (Å²) in [7, 11) is -3.59. The normalized spacial score (nSPS) is 11.7. The molecule has 0 saturated carbocycles. The first kappa shape index (κ1) is 15.7. The van der Waals surface area contributed by atoms with Crippen molar-refractivity contribution in [2.75, 3.05) is 13.1 Å². The van der Waals surface area contributed by atoms with Crippen LogP contribution in [0.1, 0.15) is 12.6 Å². The van der Waals surface area contributed by atoms with Crippen molar-refractivity contribution in [1.82, 2.24) is 8.87 Å². The Labute approximate surface area is 114 Å². The monoisotopic (exact) mass is 284 g/mol. The summed E-state index contributed by atoms with van der Waals surface area (Å²) in [4.78, 5) is 0.183. The minimum atomic E-state index is -3.59. The lowest BCUT2D eigenvalue weighted by Crippen LogP contribution is -2.31. The number of hydrogen-bond acceptors (Lipinski definition) is 3. The molecule has 1 N–H and O–H groups in total. The van der Waals surface area contributed by atoms with E-state index in [1.807, 2.05) is 6.92 Å². The van der Waals surface area contributed by atoms with Crippen molar-refractivity contribution in [3.05, 3.63) is 43.3 Å². The number of nitrogens with zero attached hydrogens (tertiary/aromatic N) is 2. The Kier molecular flexibility index (Phi) is 5.53. The zero-order valence-corrected chi connectivity index (χ0v) is 11.9. The summed E-state index contributed by atoms with van der Waals surface area (Å²) in [6.07, 6.45) is 4.61. The SMILES string of the molecule is C=CCN(CC=C)S(=O)(=O)c1cc(CO)n(CC)c1. The zero-order valence-electron chi connectivity index (χ0n) is 11.1. The summed E-state index contributed by atoms with van der Waals surface area (Å²) in [6, 6.07) is 1.50. The van der Waals surface area contributed by atoms with E-state index in [1.165, 1.54) is 22.5 Å². The third-order valence-corrected chi connectivity index (χ3v) is 4.56. The maximum absolute atomic E-state index is 12.4. The fourth-order valence-corrected chi connectivity index (χ4v) is 3.25. The fourth-order valence-electron chi connectivity index (χ4n) is 1.80. The standard InChI is InChI=1S/C13H20N2O3S/c1-4-7-15(8-5-2)19(17,18)13-9-12(11-16)14(6-3)10-13/h4-5,9-10,16H,1-2,6-8,11H2,3H3. The fraction of sp³-hybridized carbons (Fsp3) is 0.385. The van der Waals surface area contributed by atoms with Crippen LogP contribution in [-0.4, -0.2) is 35.5 Å². The highest BCUT2D eigenvalue weighted by Gasteiger charge is 2.24. The molecule has 1 aromatic rings. The molecule has 0 saturated heterocycles. The molecule has 0 unspecified atom stereocenters. The highest BCUT2D eigenvalue weighted by atomic mass is 32.2. The van der Waals surface area contributed by atoms with Gasteiger partial charge in [0.25, 0.3) is 0 Å². The van der Waals surface area contributed by atoms with Crippen LogP contribution < -0.4 is 0 Å². The first-order valence-corrected chi connectivity index (χ1v) is 7.47. The van der Waals surface area contributed by atoms with Crippen molar-refractivity contribution >= 4 is 10.0 Å². The van der Waals surface area contributed by atoms with Gasteiger partial charge in [-0.2, -0.15) is 4.31 Å². The van der Waals surface area contributed by atoms with Crippen LogP contribution in [0, 0.1) is 0 Å². The smallest absolute Gasteiger partial charge is 0.245 e. The Morgan fingerprint density at radius 3 is 2.32 bits per heavy atom. The molecule has 1 aromatic heterocycles. The number of aliphatic hydroxyl groups excluding tert-OH is 1. The van der Waals surface area contributed by atoms with Gasteiger partial charge >= 0.3 is 0 Å². The van der Waals surface area contributed by atoms with Crippen molar-refractivity contribution in [3.63, 3.8) is 0 Å². The van der Waals surface area contributed by atoms with Crippen molar-refractivity contribution in [1.29, 1.82) is 0 Å². The van der Waals surface area contributed by atoms with Crippen molar-refractivity contribution in [2.24, 2.45) is 0 Å². The van der Waals surface area contributed by atoms with Crippen molar-refractivity contribution in [2.45, 2.75) is 25.0 Å². The van der Waals surface area contributed by atoms with Gasteiger partial charge in [0.1, 0.15) is 4.90 Å². The Morgan fingerprint density at radius 1 is 1.37 bits per heavy atom. The van der Waals surface area contributed by atoms with Crippen molar-refractivity contribution in [3.8, 4) is 0 Å².